The Kier molecular flexibility index (Phi) is 5.30. The largest absolute Gasteiger partial charge is 0.347 e. The lowest BCUT2D eigenvalue weighted by atomic mass is 10.2. The van der Waals surface area contributed by atoms with Gasteiger partial charge in [0.1, 0.15) is 5.82 Å². The molecule has 0 radical (unpaired) electrons. The standard InChI is InChI=1S/C15H21N3O/c1-6-8-13-14(10-16-15(19)11(3)4)18(9-7-2)12(5)17-13/h6-7H,1-3,8-10H2,4-5H3,(H,16,19). The first-order chi connectivity index (χ1) is 9.01. The summed E-state index contributed by atoms with van der Waals surface area (Å²) in [6.07, 6.45) is 4.31. The molecule has 0 saturated heterocycles. The Balaban J connectivity index is 3.00. The zero-order chi connectivity index (χ0) is 14.4. The Morgan fingerprint density at radius 3 is 2.63 bits per heavy atom. The van der Waals surface area contributed by atoms with Crippen LogP contribution in [0, 0.1) is 6.92 Å². The smallest absolute Gasteiger partial charge is 0.246 e. The van der Waals surface area contributed by atoms with Crippen molar-refractivity contribution in [2.24, 2.45) is 0 Å². The van der Waals surface area contributed by atoms with Gasteiger partial charge in [0.15, 0.2) is 0 Å². The monoisotopic (exact) mass is 259 g/mol. The van der Waals surface area contributed by atoms with Crippen molar-refractivity contribution in [1.82, 2.24) is 14.9 Å². The molecule has 1 aromatic heterocycles. The highest BCUT2D eigenvalue weighted by Gasteiger charge is 2.13. The first-order valence-corrected chi connectivity index (χ1v) is 6.21. The highest BCUT2D eigenvalue weighted by molar-refractivity contribution is 5.91. The van der Waals surface area contributed by atoms with Crippen LogP contribution in [0.2, 0.25) is 0 Å². The third-order valence-corrected chi connectivity index (χ3v) is 2.80. The second-order valence-corrected chi connectivity index (χ2v) is 4.41. The number of carbonyl (C=O) groups is 1. The van der Waals surface area contributed by atoms with Crippen molar-refractivity contribution in [1.29, 1.82) is 0 Å². The van der Waals surface area contributed by atoms with E-state index in [9.17, 15) is 4.79 Å². The second-order valence-electron chi connectivity index (χ2n) is 4.41. The van der Waals surface area contributed by atoms with Gasteiger partial charge in [0.25, 0.3) is 0 Å². The Labute approximate surface area is 114 Å². The molecule has 0 fully saturated rings. The maximum Gasteiger partial charge on any atom is 0.246 e. The van der Waals surface area contributed by atoms with Crippen LogP contribution in [0.25, 0.3) is 0 Å². The minimum Gasteiger partial charge on any atom is -0.347 e. The first kappa shape index (κ1) is 15.0. The van der Waals surface area contributed by atoms with Gasteiger partial charge in [-0.3, -0.25) is 4.79 Å². The Bertz CT molecular complexity index is 512. The van der Waals surface area contributed by atoms with E-state index in [4.69, 9.17) is 0 Å². The lowest BCUT2D eigenvalue weighted by Gasteiger charge is -2.10. The van der Waals surface area contributed by atoms with Crippen molar-refractivity contribution in [3.05, 3.63) is 54.7 Å². The van der Waals surface area contributed by atoms with E-state index in [1.54, 1.807) is 6.92 Å². The average Bonchev–Trinajstić information content (AvgIpc) is 2.64. The van der Waals surface area contributed by atoms with E-state index >= 15 is 0 Å². The molecular weight excluding hydrogens is 238 g/mol. The van der Waals surface area contributed by atoms with Crippen LogP contribution in [0.3, 0.4) is 0 Å². The third kappa shape index (κ3) is 3.68. The van der Waals surface area contributed by atoms with Gasteiger partial charge in [0, 0.05) is 18.5 Å². The molecule has 1 aromatic rings. The second kappa shape index (κ2) is 6.73. The molecule has 0 unspecified atom stereocenters. The summed E-state index contributed by atoms with van der Waals surface area (Å²) >= 11 is 0. The van der Waals surface area contributed by atoms with Crippen LogP contribution in [0.1, 0.15) is 24.1 Å². The lowest BCUT2D eigenvalue weighted by molar-refractivity contribution is -0.117. The van der Waals surface area contributed by atoms with Gasteiger partial charge >= 0.3 is 0 Å². The number of carbonyl (C=O) groups excluding carboxylic acids is 1. The van der Waals surface area contributed by atoms with Crippen molar-refractivity contribution in [3.63, 3.8) is 0 Å². The van der Waals surface area contributed by atoms with Crippen LogP contribution in [0.15, 0.2) is 37.5 Å². The fraction of sp³-hybridized carbons (Fsp3) is 0.333. The van der Waals surface area contributed by atoms with Crippen LogP contribution >= 0.6 is 0 Å². The zero-order valence-electron chi connectivity index (χ0n) is 11.7. The number of hydrogen-bond acceptors (Lipinski definition) is 2. The number of aromatic nitrogens is 2. The van der Waals surface area contributed by atoms with Gasteiger partial charge in [0.05, 0.1) is 17.9 Å². The van der Waals surface area contributed by atoms with E-state index in [1.807, 2.05) is 23.6 Å². The van der Waals surface area contributed by atoms with Gasteiger partial charge in [0.2, 0.25) is 5.91 Å². The highest BCUT2D eigenvalue weighted by Crippen LogP contribution is 2.13. The topological polar surface area (TPSA) is 46.9 Å². The Morgan fingerprint density at radius 1 is 1.42 bits per heavy atom. The quantitative estimate of drug-likeness (QED) is 0.603. The molecule has 0 atom stereocenters. The molecule has 0 aromatic carbocycles. The molecule has 0 aliphatic carbocycles. The van der Waals surface area contributed by atoms with E-state index in [2.05, 4.69) is 30.0 Å². The summed E-state index contributed by atoms with van der Waals surface area (Å²) in [5, 5.41) is 2.84. The normalized spacial score (nSPS) is 10.0. The molecule has 0 saturated carbocycles. The summed E-state index contributed by atoms with van der Waals surface area (Å²) in [5.41, 5.74) is 2.43. The molecule has 19 heavy (non-hydrogen) atoms. The number of amides is 1. The first-order valence-electron chi connectivity index (χ1n) is 6.21. The fourth-order valence-electron chi connectivity index (χ4n) is 1.86. The van der Waals surface area contributed by atoms with Gasteiger partial charge in [-0.25, -0.2) is 4.98 Å². The van der Waals surface area contributed by atoms with Crippen molar-refractivity contribution >= 4 is 5.91 Å². The number of aryl methyl sites for hydroxylation is 1. The highest BCUT2D eigenvalue weighted by atomic mass is 16.1. The van der Waals surface area contributed by atoms with Crippen molar-refractivity contribution in [3.8, 4) is 0 Å². The number of hydrogen-bond donors (Lipinski definition) is 1. The van der Waals surface area contributed by atoms with Crippen molar-refractivity contribution in [2.75, 3.05) is 0 Å². The summed E-state index contributed by atoms with van der Waals surface area (Å²) < 4.78 is 2.05. The Morgan fingerprint density at radius 2 is 2.11 bits per heavy atom. The molecule has 1 amide bonds. The molecule has 4 heteroatoms. The van der Waals surface area contributed by atoms with E-state index in [-0.39, 0.29) is 5.91 Å². The molecule has 102 valence electrons. The van der Waals surface area contributed by atoms with Gasteiger partial charge in [-0.15, -0.1) is 13.2 Å². The van der Waals surface area contributed by atoms with Gasteiger partial charge in [-0.05, 0) is 13.8 Å². The molecule has 0 bridgehead atoms. The SMILES string of the molecule is C=CCc1nc(C)n(CC=C)c1CNC(=O)C(=C)C. The number of rotatable bonds is 7. The molecule has 1 heterocycles. The van der Waals surface area contributed by atoms with Crippen molar-refractivity contribution < 1.29 is 4.79 Å². The molecule has 0 aliphatic heterocycles. The number of nitrogens with one attached hydrogen (secondary N) is 1. The molecule has 4 nitrogen and oxygen atoms in total. The van der Waals surface area contributed by atoms with Crippen LogP contribution in [0.4, 0.5) is 0 Å². The molecule has 1 rings (SSSR count). The van der Waals surface area contributed by atoms with E-state index in [0.717, 1.165) is 17.2 Å². The van der Waals surface area contributed by atoms with Gasteiger partial charge < -0.3 is 9.88 Å². The molecule has 1 N–H and O–H groups in total. The lowest BCUT2D eigenvalue weighted by Crippen LogP contribution is -2.25. The predicted octanol–water partition coefficient (Wildman–Crippen LogP) is 2.30. The van der Waals surface area contributed by atoms with Gasteiger partial charge in [-0.2, -0.15) is 0 Å². The number of allylic oxidation sites excluding steroid dienone is 2. The minimum atomic E-state index is -0.145. The van der Waals surface area contributed by atoms with Crippen LogP contribution in [-0.4, -0.2) is 15.5 Å². The summed E-state index contributed by atoms with van der Waals surface area (Å²) in [6, 6.07) is 0. The van der Waals surface area contributed by atoms with Gasteiger partial charge in [-0.1, -0.05) is 18.7 Å². The van der Waals surface area contributed by atoms with Crippen LogP contribution in [-0.2, 0) is 24.3 Å². The average molecular weight is 259 g/mol. The molecule has 0 spiro atoms. The predicted molar refractivity (Wildman–Crippen MR) is 77.7 cm³/mol. The number of nitrogens with zero attached hydrogens (tertiary/aromatic N) is 2. The minimum absolute atomic E-state index is 0.145. The summed E-state index contributed by atoms with van der Waals surface area (Å²) in [6.45, 7) is 15.8. The fourth-order valence-corrected chi connectivity index (χ4v) is 1.86. The van der Waals surface area contributed by atoms with E-state index < -0.39 is 0 Å². The van der Waals surface area contributed by atoms with Crippen LogP contribution < -0.4 is 5.32 Å². The van der Waals surface area contributed by atoms with Crippen LogP contribution in [0.5, 0.6) is 0 Å². The third-order valence-electron chi connectivity index (χ3n) is 2.80. The maximum atomic E-state index is 11.6. The van der Waals surface area contributed by atoms with E-state index in [1.165, 1.54) is 0 Å². The molecular formula is C15H21N3O. The zero-order valence-corrected chi connectivity index (χ0v) is 11.7. The Hall–Kier alpha value is -2.10. The van der Waals surface area contributed by atoms with E-state index in [0.29, 0.717) is 25.1 Å². The van der Waals surface area contributed by atoms with Crippen molar-refractivity contribution in [2.45, 2.75) is 33.4 Å². The maximum absolute atomic E-state index is 11.6. The molecule has 0 aliphatic rings. The summed E-state index contributed by atoms with van der Waals surface area (Å²) in [5.74, 6) is 0.768. The number of imidazole rings is 1. The summed E-state index contributed by atoms with van der Waals surface area (Å²) in [4.78, 5) is 16.1. The summed E-state index contributed by atoms with van der Waals surface area (Å²) in [7, 11) is 0.